The number of halogens is 1. The second-order valence-electron chi connectivity index (χ2n) is 4.00. The number of hydrogen-bond acceptors (Lipinski definition) is 3. The summed E-state index contributed by atoms with van der Waals surface area (Å²) < 4.78 is 19.0. The van der Waals surface area contributed by atoms with E-state index in [9.17, 15) is 9.50 Å². The van der Waals surface area contributed by atoms with Gasteiger partial charge in [0.15, 0.2) is 0 Å². The SMILES string of the molecule is CC(O)c1ccc(OCc2ccncc2)cc1F. The minimum Gasteiger partial charge on any atom is -0.489 e. The summed E-state index contributed by atoms with van der Waals surface area (Å²) in [5.74, 6) is -0.0223. The van der Waals surface area contributed by atoms with Crippen molar-refractivity contribution in [3.05, 3.63) is 59.7 Å². The Balaban J connectivity index is 2.05. The van der Waals surface area contributed by atoms with Crippen LogP contribution < -0.4 is 4.74 Å². The zero-order valence-electron chi connectivity index (χ0n) is 10.0. The second kappa shape index (κ2) is 5.60. The molecule has 1 aromatic heterocycles. The zero-order valence-corrected chi connectivity index (χ0v) is 10.0. The average Bonchev–Trinajstić information content (AvgIpc) is 2.37. The minimum atomic E-state index is -0.820. The van der Waals surface area contributed by atoms with Gasteiger partial charge in [0.25, 0.3) is 0 Å². The van der Waals surface area contributed by atoms with Gasteiger partial charge >= 0.3 is 0 Å². The standard InChI is InChI=1S/C14H14FNO2/c1-10(17)13-3-2-12(8-14(13)15)18-9-11-4-6-16-7-5-11/h2-8,10,17H,9H2,1H3. The molecule has 3 nitrogen and oxygen atoms in total. The Morgan fingerprint density at radius 3 is 2.61 bits per heavy atom. The smallest absolute Gasteiger partial charge is 0.132 e. The molecule has 0 spiro atoms. The van der Waals surface area contributed by atoms with Crippen molar-refractivity contribution < 1.29 is 14.2 Å². The Kier molecular flexibility index (Phi) is 3.89. The highest BCUT2D eigenvalue weighted by atomic mass is 19.1. The van der Waals surface area contributed by atoms with Crippen molar-refractivity contribution in [3.8, 4) is 5.75 Å². The van der Waals surface area contributed by atoms with Gasteiger partial charge < -0.3 is 9.84 Å². The highest BCUT2D eigenvalue weighted by Crippen LogP contribution is 2.22. The maximum absolute atomic E-state index is 13.6. The lowest BCUT2D eigenvalue weighted by atomic mass is 10.1. The average molecular weight is 247 g/mol. The zero-order chi connectivity index (χ0) is 13.0. The summed E-state index contributed by atoms with van der Waals surface area (Å²) in [6.45, 7) is 1.88. The van der Waals surface area contributed by atoms with E-state index < -0.39 is 11.9 Å². The molecule has 2 aromatic rings. The molecule has 1 atom stereocenters. The van der Waals surface area contributed by atoms with Gasteiger partial charge in [0, 0.05) is 24.0 Å². The van der Waals surface area contributed by atoms with Gasteiger partial charge in [-0.2, -0.15) is 0 Å². The minimum absolute atomic E-state index is 0.270. The van der Waals surface area contributed by atoms with Gasteiger partial charge in [0.2, 0.25) is 0 Å². The van der Waals surface area contributed by atoms with Gasteiger partial charge in [-0.1, -0.05) is 0 Å². The number of aromatic nitrogens is 1. The van der Waals surface area contributed by atoms with E-state index in [4.69, 9.17) is 4.74 Å². The van der Waals surface area contributed by atoms with Crippen molar-refractivity contribution in [2.75, 3.05) is 0 Å². The van der Waals surface area contributed by atoms with Gasteiger partial charge in [0.1, 0.15) is 18.2 Å². The highest BCUT2D eigenvalue weighted by molar-refractivity contribution is 5.30. The van der Waals surface area contributed by atoms with Crippen LogP contribution >= 0.6 is 0 Å². The number of benzene rings is 1. The first-order valence-corrected chi connectivity index (χ1v) is 5.66. The number of ether oxygens (including phenoxy) is 1. The monoisotopic (exact) mass is 247 g/mol. The van der Waals surface area contributed by atoms with E-state index in [1.807, 2.05) is 12.1 Å². The van der Waals surface area contributed by atoms with Crippen LogP contribution in [0.3, 0.4) is 0 Å². The molecule has 1 N–H and O–H groups in total. The van der Waals surface area contributed by atoms with Gasteiger partial charge in [-0.3, -0.25) is 4.98 Å². The molecule has 0 amide bonds. The van der Waals surface area contributed by atoms with Crippen LogP contribution in [0, 0.1) is 5.82 Å². The summed E-state index contributed by atoms with van der Waals surface area (Å²) in [6, 6.07) is 8.12. The van der Waals surface area contributed by atoms with Crippen LogP contribution in [0.5, 0.6) is 5.75 Å². The number of nitrogens with zero attached hydrogens (tertiary/aromatic N) is 1. The predicted octanol–water partition coefficient (Wildman–Crippen LogP) is 2.85. The largest absolute Gasteiger partial charge is 0.489 e. The molecular formula is C14H14FNO2. The van der Waals surface area contributed by atoms with Crippen LogP contribution in [0.15, 0.2) is 42.7 Å². The maximum atomic E-state index is 13.6. The number of hydrogen-bond donors (Lipinski definition) is 1. The van der Waals surface area contributed by atoms with E-state index in [2.05, 4.69) is 4.98 Å². The third-order valence-electron chi connectivity index (χ3n) is 2.58. The molecule has 0 radical (unpaired) electrons. The molecule has 0 aliphatic rings. The molecule has 0 saturated carbocycles. The third-order valence-corrected chi connectivity index (χ3v) is 2.58. The molecule has 1 unspecified atom stereocenters. The second-order valence-corrected chi connectivity index (χ2v) is 4.00. The molecule has 4 heteroatoms. The summed E-state index contributed by atoms with van der Waals surface area (Å²) in [7, 11) is 0. The predicted molar refractivity (Wildman–Crippen MR) is 65.6 cm³/mol. The Hall–Kier alpha value is -1.94. The molecule has 0 aliphatic heterocycles. The molecule has 0 bridgehead atoms. The van der Waals surface area contributed by atoms with Gasteiger partial charge in [0.05, 0.1) is 6.10 Å². The van der Waals surface area contributed by atoms with Crippen molar-refractivity contribution in [2.45, 2.75) is 19.6 Å². The molecule has 0 saturated heterocycles. The first kappa shape index (κ1) is 12.5. The van der Waals surface area contributed by atoms with E-state index in [0.717, 1.165) is 5.56 Å². The quantitative estimate of drug-likeness (QED) is 0.903. The Labute approximate surface area is 105 Å². The van der Waals surface area contributed by atoms with Crippen LogP contribution in [0.2, 0.25) is 0 Å². The Morgan fingerprint density at radius 2 is 2.00 bits per heavy atom. The van der Waals surface area contributed by atoms with Crippen molar-refractivity contribution in [1.29, 1.82) is 0 Å². The fraction of sp³-hybridized carbons (Fsp3) is 0.214. The summed E-state index contributed by atoms with van der Waals surface area (Å²) in [4.78, 5) is 3.90. The lowest BCUT2D eigenvalue weighted by Crippen LogP contribution is -1.99. The van der Waals surface area contributed by atoms with Gasteiger partial charge in [-0.05, 0) is 36.8 Å². The fourth-order valence-corrected chi connectivity index (χ4v) is 1.58. The van der Waals surface area contributed by atoms with Crippen LogP contribution in [0.4, 0.5) is 4.39 Å². The third kappa shape index (κ3) is 3.05. The molecule has 0 aliphatic carbocycles. The lowest BCUT2D eigenvalue weighted by Gasteiger charge is -2.10. The maximum Gasteiger partial charge on any atom is 0.132 e. The Bertz CT molecular complexity index is 514. The molecule has 2 rings (SSSR count). The first-order valence-electron chi connectivity index (χ1n) is 5.66. The molecule has 94 valence electrons. The van der Waals surface area contributed by atoms with Gasteiger partial charge in [-0.15, -0.1) is 0 Å². The normalized spacial score (nSPS) is 12.2. The lowest BCUT2D eigenvalue weighted by molar-refractivity contribution is 0.194. The van der Waals surface area contributed by atoms with E-state index >= 15 is 0 Å². The summed E-state index contributed by atoms with van der Waals surface area (Å²) in [5.41, 5.74) is 1.23. The summed E-state index contributed by atoms with van der Waals surface area (Å²) in [6.07, 6.45) is 2.53. The van der Waals surface area contributed by atoms with Crippen LogP contribution in [-0.4, -0.2) is 10.1 Å². The molecule has 1 aromatic carbocycles. The van der Waals surface area contributed by atoms with Crippen molar-refractivity contribution >= 4 is 0 Å². The molecule has 0 fully saturated rings. The number of pyridine rings is 1. The fourth-order valence-electron chi connectivity index (χ4n) is 1.58. The van der Waals surface area contributed by atoms with Crippen LogP contribution in [-0.2, 0) is 6.61 Å². The molecule has 18 heavy (non-hydrogen) atoms. The van der Waals surface area contributed by atoms with E-state index in [0.29, 0.717) is 12.4 Å². The number of rotatable bonds is 4. The van der Waals surface area contributed by atoms with Gasteiger partial charge in [-0.25, -0.2) is 4.39 Å². The topological polar surface area (TPSA) is 42.4 Å². The van der Waals surface area contributed by atoms with E-state index in [1.165, 1.54) is 19.1 Å². The first-order chi connectivity index (χ1) is 8.66. The molecular weight excluding hydrogens is 233 g/mol. The van der Waals surface area contributed by atoms with Crippen molar-refractivity contribution in [2.24, 2.45) is 0 Å². The summed E-state index contributed by atoms with van der Waals surface area (Å²) in [5, 5.41) is 9.32. The van der Waals surface area contributed by atoms with Crippen molar-refractivity contribution in [3.63, 3.8) is 0 Å². The van der Waals surface area contributed by atoms with Crippen LogP contribution in [0.25, 0.3) is 0 Å². The van der Waals surface area contributed by atoms with E-state index in [1.54, 1.807) is 18.5 Å². The Morgan fingerprint density at radius 1 is 1.28 bits per heavy atom. The number of aliphatic hydroxyl groups excluding tert-OH is 1. The van der Waals surface area contributed by atoms with Crippen molar-refractivity contribution in [1.82, 2.24) is 4.98 Å². The number of aliphatic hydroxyl groups is 1. The molecule has 1 heterocycles. The highest BCUT2D eigenvalue weighted by Gasteiger charge is 2.08. The van der Waals surface area contributed by atoms with E-state index in [-0.39, 0.29) is 5.56 Å². The summed E-state index contributed by atoms with van der Waals surface area (Å²) >= 11 is 0. The van der Waals surface area contributed by atoms with Crippen LogP contribution in [0.1, 0.15) is 24.2 Å².